The fraction of sp³-hybridized carbons (Fsp3) is 0.594. The fourth-order valence-electron chi connectivity index (χ4n) is 6.08. The van der Waals surface area contributed by atoms with Gasteiger partial charge < -0.3 is 39.8 Å². The average molecular weight is 648 g/mol. The molecule has 12 nitrogen and oxygen atoms in total. The number of carbonyl (C=O) groups excluding carboxylic acids is 1. The predicted molar refractivity (Wildman–Crippen MR) is 165 cm³/mol. The average Bonchev–Trinajstić information content (AvgIpc) is 3.65. The lowest BCUT2D eigenvalue weighted by atomic mass is 9.87. The van der Waals surface area contributed by atoms with Crippen LogP contribution in [0, 0.1) is 11.3 Å². The van der Waals surface area contributed by atoms with E-state index in [-0.39, 0.29) is 43.2 Å². The van der Waals surface area contributed by atoms with Gasteiger partial charge in [-0.3, -0.25) is 0 Å². The molecule has 45 heavy (non-hydrogen) atoms. The van der Waals surface area contributed by atoms with E-state index in [1.54, 1.807) is 6.07 Å². The van der Waals surface area contributed by atoms with Crippen LogP contribution in [0.1, 0.15) is 38.7 Å². The molecule has 0 aliphatic carbocycles. The quantitative estimate of drug-likeness (QED) is 0.278. The van der Waals surface area contributed by atoms with Crippen LogP contribution in [0.3, 0.4) is 0 Å². The maximum Gasteiger partial charge on any atom is 0.407 e. The number of aliphatic hydroxyl groups excluding tert-OH is 1. The van der Waals surface area contributed by atoms with Crippen molar-refractivity contribution in [3.8, 4) is 11.5 Å². The van der Waals surface area contributed by atoms with Crippen molar-refractivity contribution in [1.82, 2.24) is 9.62 Å². The Kier molecular flexibility index (Phi) is 10.9. The van der Waals surface area contributed by atoms with Crippen molar-refractivity contribution in [2.45, 2.75) is 69.0 Å². The molecule has 0 aromatic heterocycles. The lowest BCUT2D eigenvalue weighted by Gasteiger charge is -2.35. The number of ether oxygens (including phenoxy) is 5. The maximum atomic E-state index is 14.2. The number of benzene rings is 2. The molecule has 1 amide bonds. The third-order valence-electron chi connectivity index (χ3n) is 8.51. The van der Waals surface area contributed by atoms with Gasteiger partial charge >= 0.3 is 6.09 Å². The first kappa shape index (κ1) is 33.4. The summed E-state index contributed by atoms with van der Waals surface area (Å²) in [5.74, 6) is 0.779. The second-order valence-corrected chi connectivity index (χ2v) is 14.6. The van der Waals surface area contributed by atoms with Crippen molar-refractivity contribution >= 4 is 16.1 Å². The van der Waals surface area contributed by atoms with Crippen molar-refractivity contribution in [2.75, 3.05) is 46.1 Å². The van der Waals surface area contributed by atoms with Crippen molar-refractivity contribution in [2.24, 2.45) is 17.1 Å². The van der Waals surface area contributed by atoms with Crippen molar-refractivity contribution in [3.05, 3.63) is 54.1 Å². The number of nitrogens with one attached hydrogen (secondary N) is 1. The van der Waals surface area contributed by atoms with Crippen LogP contribution in [0.4, 0.5) is 4.79 Å². The number of carbonyl (C=O) groups is 1. The highest BCUT2D eigenvalue weighted by atomic mass is 32.2. The number of fused-ring (bicyclic) bond motifs is 2. The molecule has 2 aromatic rings. The van der Waals surface area contributed by atoms with E-state index < -0.39 is 39.8 Å². The molecule has 3 aliphatic rings. The summed E-state index contributed by atoms with van der Waals surface area (Å²) in [7, 11) is -4.12. The van der Waals surface area contributed by atoms with Crippen LogP contribution in [0.5, 0.6) is 11.5 Å². The highest BCUT2D eigenvalue weighted by Gasteiger charge is 2.44. The number of amides is 1. The van der Waals surface area contributed by atoms with Crippen LogP contribution in [0.25, 0.3) is 0 Å². The molecular formula is C32H45N3O9S. The first-order valence-electron chi connectivity index (χ1n) is 15.6. The van der Waals surface area contributed by atoms with Gasteiger partial charge in [0.1, 0.15) is 19.3 Å². The van der Waals surface area contributed by atoms with E-state index in [0.29, 0.717) is 44.3 Å². The number of aliphatic hydroxyl groups is 1. The second kappa shape index (κ2) is 14.7. The monoisotopic (exact) mass is 647 g/mol. The molecule has 4 N–H and O–H groups in total. The normalized spacial score (nSPS) is 22.6. The minimum absolute atomic E-state index is 0.0233. The molecule has 0 saturated carbocycles. The number of hydrogen-bond donors (Lipinski definition) is 3. The maximum absolute atomic E-state index is 14.2. The Morgan fingerprint density at radius 1 is 1.11 bits per heavy atom. The van der Waals surface area contributed by atoms with Gasteiger partial charge in [-0.15, -0.1) is 0 Å². The Hall–Kier alpha value is -2.94. The summed E-state index contributed by atoms with van der Waals surface area (Å²) in [6, 6.07) is 13.0. The predicted octanol–water partition coefficient (Wildman–Crippen LogP) is 2.67. The molecule has 0 bridgehead atoms. The highest BCUT2D eigenvalue weighted by Crippen LogP contribution is 2.35. The molecule has 2 saturated heterocycles. The van der Waals surface area contributed by atoms with Gasteiger partial charge in [-0.05, 0) is 55.3 Å². The fourth-order valence-corrected chi connectivity index (χ4v) is 7.74. The van der Waals surface area contributed by atoms with Gasteiger partial charge in [0.05, 0.1) is 36.2 Å². The molecule has 248 valence electrons. The first-order chi connectivity index (χ1) is 21.6. The smallest absolute Gasteiger partial charge is 0.407 e. The summed E-state index contributed by atoms with van der Waals surface area (Å²) < 4.78 is 57.8. The topological polar surface area (TPSA) is 159 Å². The van der Waals surface area contributed by atoms with Crippen molar-refractivity contribution < 1.29 is 42.0 Å². The van der Waals surface area contributed by atoms with Crippen molar-refractivity contribution in [1.29, 1.82) is 0 Å². The molecule has 2 aromatic carbocycles. The standard InChI is InChI=1S/C32H45N3O9S/c1-32(2,12-6-13-33)21-35(45(38,39)23-9-10-27-28(18-23)41-16-15-40-27)19-26(36)25(17-22-7-4-3-5-8-22)34-31(37)44-29-20-43-30-24(29)11-14-42-30/h3-5,7-10,18,24-26,29-30,36H,6,11-17,19-21,33H2,1-2H3,(H,34,37)/t24-,25-,26-,29-,30+/m0/s1. The molecule has 3 heterocycles. The van der Waals surface area contributed by atoms with Crippen LogP contribution in [-0.2, 0) is 30.7 Å². The summed E-state index contributed by atoms with van der Waals surface area (Å²) >= 11 is 0. The molecule has 0 spiro atoms. The highest BCUT2D eigenvalue weighted by molar-refractivity contribution is 7.89. The number of hydrogen-bond acceptors (Lipinski definition) is 10. The number of rotatable bonds is 14. The summed E-state index contributed by atoms with van der Waals surface area (Å²) in [4.78, 5) is 13.2. The minimum atomic E-state index is -4.12. The Morgan fingerprint density at radius 2 is 1.87 bits per heavy atom. The third kappa shape index (κ3) is 8.46. The summed E-state index contributed by atoms with van der Waals surface area (Å²) in [6.07, 6.45) is -0.459. The van der Waals surface area contributed by atoms with Gasteiger partial charge in [0.25, 0.3) is 0 Å². The summed E-state index contributed by atoms with van der Waals surface area (Å²) in [6.45, 7) is 5.74. The van der Waals surface area contributed by atoms with Gasteiger partial charge in [-0.25, -0.2) is 13.2 Å². The lowest BCUT2D eigenvalue weighted by molar-refractivity contribution is -0.0907. The van der Waals surface area contributed by atoms with E-state index in [1.807, 2.05) is 44.2 Å². The van der Waals surface area contributed by atoms with Crippen LogP contribution in [-0.4, -0.2) is 94.5 Å². The van der Waals surface area contributed by atoms with Gasteiger partial charge in [0.2, 0.25) is 10.0 Å². The summed E-state index contributed by atoms with van der Waals surface area (Å²) in [5.41, 5.74) is 6.18. The molecule has 5 rings (SSSR count). The zero-order valence-corrected chi connectivity index (χ0v) is 26.7. The van der Waals surface area contributed by atoms with Crippen LogP contribution in [0.2, 0.25) is 0 Å². The second-order valence-electron chi connectivity index (χ2n) is 12.6. The zero-order valence-electron chi connectivity index (χ0n) is 25.9. The Morgan fingerprint density at radius 3 is 2.62 bits per heavy atom. The summed E-state index contributed by atoms with van der Waals surface area (Å²) in [5, 5.41) is 14.5. The molecule has 5 atom stereocenters. The Balaban J connectivity index is 1.38. The van der Waals surface area contributed by atoms with E-state index >= 15 is 0 Å². The van der Waals surface area contributed by atoms with E-state index in [0.717, 1.165) is 18.4 Å². The van der Waals surface area contributed by atoms with Gasteiger partial charge in [-0.1, -0.05) is 44.2 Å². The van der Waals surface area contributed by atoms with Crippen LogP contribution < -0.4 is 20.5 Å². The molecular weight excluding hydrogens is 602 g/mol. The SMILES string of the molecule is CC(C)(CCCN)CN(C[C@H](O)[C@H](Cc1ccccc1)NC(=O)O[C@H]1CO[C@H]2OCC[C@H]21)S(=O)(=O)c1ccc2c(c1)OCCO2. The van der Waals surface area contributed by atoms with Gasteiger partial charge in [-0.2, -0.15) is 4.31 Å². The minimum Gasteiger partial charge on any atom is -0.486 e. The number of nitrogens with two attached hydrogens (primary N) is 1. The number of sulfonamides is 1. The van der Waals surface area contributed by atoms with E-state index in [2.05, 4.69) is 5.32 Å². The zero-order chi connectivity index (χ0) is 32.0. The molecule has 13 heteroatoms. The molecule has 0 unspecified atom stereocenters. The lowest BCUT2D eigenvalue weighted by Crippen LogP contribution is -2.52. The molecule has 2 fully saturated rings. The van der Waals surface area contributed by atoms with E-state index in [4.69, 9.17) is 29.4 Å². The number of alkyl carbamates (subject to hydrolysis) is 1. The van der Waals surface area contributed by atoms with Gasteiger partial charge in [0.15, 0.2) is 17.8 Å². The van der Waals surface area contributed by atoms with E-state index in [1.165, 1.54) is 16.4 Å². The molecule has 0 radical (unpaired) electrons. The van der Waals surface area contributed by atoms with Crippen molar-refractivity contribution in [3.63, 3.8) is 0 Å². The Labute approximate surface area is 265 Å². The Bertz CT molecular complexity index is 1390. The van der Waals surface area contributed by atoms with Crippen LogP contribution >= 0.6 is 0 Å². The van der Waals surface area contributed by atoms with Gasteiger partial charge in [0, 0.05) is 19.2 Å². The van der Waals surface area contributed by atoms with E-state index in [9.17, 15) is 18.3 Å². The first-order valence-corrected chi connectivity index (χ1v) is 17.0. The largest absolute Gasteiger partial charge is 0.486 e. The number of nitrogens with zero attached hydrogens (tertiary/aromatic N) is 1. The van der Waals surface area contributed by atoms with Crippen LogP contribution in [0.15, 0.2) is 53.4 Å². The third-order valence-corrected chi connectivity index (χ3v) is 10.3. The molecule has 3 aliphatic heterocycles.